The third-order valence-corrected chi connectivity index (χ3v) is 6.23. The van der Waals surface area contributed by atoms with Gasteiger partial charge in [0, 0.05) is 41.5 Å². The number of amidine groups is 1. The van der Waals surface area contributed by atoms with Crippen LogP contribution in [0, 0.1) is 22.5 Å². The van der Waals surface area contributed by atoms with Crippen LogP contribution < -0.4 is 5.32 Å². The van der Waals surface area contributed by atoms with Crippen molar-refractivity contribution in [2.45, 2.75) is 57.7 Å². The van der Waals surface area contributed by atoms with Gasteiger partial charge in [0.1, 0.15) is 16.7 Å². The minimum atomic E-state index is -0.710. The third-order valence-electron chi connectivity index (χ3n) is 5.33. The number of benzene rings is 1. The van der Waals surface area contributed by atoms with Crippen LogP contribution in [0.5, 0.6) is 0 Å². The van der Waals surface area contributed by atoms with Crippen molar-refractivity contribution in [2.24, 2.45) is 0 Å². The first-order valence-corrected chi connectivity index (χ1v) is 10.6. The molecule has 0 unspecified atom stereocenters. The summed E-state index contributed by atoms with van der Waals surface area (Å²) >= 11 is 0.826. The molecule has 9 heteroatoms. The lowest BCUT2D eigenvalue weighted by atomic mass is 9.79. The average Bonchev–Trinajstić information content (AvgIpc) is 3.14. The van der Waals surface area contributed by atoms with Crippen LogP contribution in [0.1, 0.15) is 46.1 Å². The average molecular weight is 435 g/mol. The quantitative estimate of drug-likeness (QED) is 0.420. The summed E-state index contributed by atoms with van der Waals surface area (Å²) in [6.45, 7) is 8.53. The Morgan fingerprint density at radius 2 is 1.77 bits per heavy atom. The number of hydrogen-bond acceptors (Lipinski definition) is 5. The van der Waals surface area contributed by atoms with Crippen LogP contribution in [0.15, 0.2) is 24.4 Å². The number of nitrogens with zero attached hydrogens (tertiary/aromatic N) is 2. The monoisotopic (exact) mass is 434 g/mol. The Morgan fingerprint density at radius 3 is 2.33 bits per heavy atom. The van der Waals surface area contributed by atoms with Gasteiger partial charge >= 0.3 is 0 Å². The number of H-pyrrole nitrogens is 1. The number of piperidine rings is 1. The van der Waals surface area contributed by atoms with Gasteiger partial charge in [0.05, 0.1) is 5.69 Å². The van der Waals surface area contributed by atoms with Crippen molar-refractivity contribution >= 4 is 22.0 Å². The van der Waals surface area contributed by atoms with Crippen molar-refractivity contribution in [3.8, 4) is 11.3 Å². The third kappa shape index (κ3) is 4.89. The summed E-state index contributed by atoms with van der Waals surface area (Å²) in [4.78, 5) is 1.83. The van der Waals surface area contributed by atoms with Crippen molar-refractivity contribution in [1.82, 2.24) is 20.4 Å². The number of hydrogen-bond donors (Lipinski definition) is 4. The molecule has 1 saturated heterocycles. The highest BCUT2D eigenvalue weighted by atomic mass is 32.2. The summed E-state index contributed by atoms with van der Waals surface area (Å²) < 4.78 is 29.2. The van der Waals surface area contributed by atoms with Gasteiger partial charge in [-0.25, -0.2) is 8.78 Å². The minimum absolute atomic E-state index is 0.0536. The topological polar surface area (TPSA) is 91.7 Å². The number of aromatic amines is 1. The summed E-state index contributed by atoms with van der Waals surface area (Å²) in [5, 5.41) is 26.6. The first-order chi connectivity index (χ1) is 13.9. The number of halogens is 2. The van der Waals surface area contributed by atoms with Gasteiger partial charge in [-0.15, -0.1) is 0 Å². The van der Waals surface area contributed by atoms with E-state index in [-0.39, 0.29) is 38.5 Å². The Labute approximate surface area is 179 Å². The molecule has 1 aromatic carbocycles. The molecule has 1 aliphatic heterocycles. The fraction of sp³-hybridized carbons (Fsp3) is 0.476. The molecule has 2 aromatic rings. The van der Waals surface area contributed by atoms with E-state index >= 15 is 0 Å². The molecule has 2 heterocycles. The molecule has 0 atom stereocenters. The van der Waals surface area contributed by atoms with Crippen LogP contribution in [-0.2, 0) is 0 Å². The predicted octanol–water partition coefficient (Wildman–Crippen LogP) is 4.59. The molecule has 0 bridgehead atoms. The molecule has 162 valence electrons. The second kappa shape index (κ2) is 8.11. The van der Waals surface area contributed by atoms with E-state index in [0.29, 0.717) is 5.69 Å². The maximum Gasteiger partial charge on any atom is 0.162 e. The van der Waals surface area contributed by atoms with E-state index in [9.17, 15) is 8.78 Å². The van der Waals surface area contributed by atoms with Crippen molar-refractivity contribution in [1.29, 1.82) is 10.8 Å². The zero-order valence-corrected chi connectivity index (χ0v) is 18.7. The number of aromatic nitrogens is 2. The molecule has 4 N–H and O–H groups in total. The summed E-state index contributed by atoms with van der Waals surface area (Å²) in [5.41, 5.74) is 0.0804. The van der Waals surface area contributed by atoms with Gasteiger partial charge in [0.25, 0.3) is 0 Å². The van der Waals surface area contributed by atoms with E-state index in [1.54, 1.807) is 6.07 Å². The van der Waals surface area contributed by atoms with Gasteiger partial charge in [0.2, 0.25) is 0 Å². The predicted molar refractivity (Wildman–Crippen MR) is 118 cm³/mol. The molecule has 0 saturated carbocycles. The molecule has 0 aliphatic carbocycles. The Hall–Kier alpha value is -2.26. The van der Waals surface area contributed by atoms with E-state index < -0.39 is 11.6 Å². The normalized spacial score (nSPS) is 18.2. The molecule has 0 radical (unpaired) electrons. The van der Waals surface area contributed by atoms with Crippen LogP contribution in [0.25, 0.3) is 11.3 Å². The molecule has 0 amide bonds. The summed E-state index contributed by atoms with van der Waals surface area (Å²) in [6, 6.07) is 3.71. The van der Waals surface area contributed by atoms with E-state index in [1.807, 2.05) is 11.9 Å². The van der Waals surface area contributed by atoms with Crippen molar-refractivity contribution < 1.29 is 8.78 Å². The molecule has 1 fully saturated rings. The van der Waals surface area contributed by atoms with Crippen LogP contribution >= 0.6 is 11.8 Å². The summed E-state index contributed by atoms with van der Waals surface area (Å²) in [7, 11) is 1.82. The lowest BCUT2D eigenvalue weighted by molar-refractivity contribution is 0.114. The highest BCUT2D eigenvalue weighted by Crippen LogP contribution is 2.33. The lowest BCUT2D eigenvalue weighted by Crippen LogP contribution is -2.62. The number of thioether (sulfide) groups is 1. The van der Waals surface area contributed by atoms with Gasteiger partial charge in [-0.1, -0.05) is 0 Å². The van der Waals surface area contributed by atoms with Gasteiger partial charge in [0.15, 0.2) is 5.17 Å². The second-order valence-corrected chi connectivity index (χ2v) is 10.1. The molecular weight excluding hydrogens is 406 g/mol. The Morgan fingerprint density at radius 1 is 1.13 bits per heavy atom. The molecule has 0 spiro atoms. The van der Waals surface area contributed by atoms with Gasteiger partial charge in [-0.2, -0.15) is 5.10 Å². The van der Waals surface area contributed by atoms with Crippen LogP contribution in [0.4, 0.5) is 8.78 Å². The van der Waals surface area contributed by atoms with Crippen LogP contribution in [0.2, 0.25) is 0 Å². The van der Waals surface area contributed by atoms with Gasteiger partial charge in [-0.05, 0) is 70.5 Å². The summed E-state index contributed by atoms with van der Waals surface area (Å²) in [5.74, 6) is -1.36. The zero-order valence-electron chi connectivity index (χ0n) is 17.9. The largest absolute Gasteiger partial charge is 0.351 e. The van der Waals surface area contributed by atoms with E-state index in [4.69, 9.17) is 10.8 Å². The fourth-order valence-corrected chi connectivity index (χ4v) is 5.02. The second-order valence-electron chi connectivity index (χ2n) is 9.08. The molecule has 6 nitrogen and oxygen atoms in total. The highest BCUT2D eigenvalue weighted by Gasteiger charge is 2.39. The van der Waals surface area contributed by atoms with Crippen molar-refractivity contribution in [3.05, 3.63) is 41.6 Å². The molecular formula is C21H28F2N6S. The molecule has 3 rings (SSSR count). The van der Waals surface area contributed by atoms with Crippen molar-refractivity contribution in [2.75, 3.05) is 7.05 Å². The summed E-state index contributed by atoms with van der Waals surface area (Å²) in [6.07, 6.45) is 3.13. The number of nitrogens with one attached hydrogen (secondary N) is 4. The first-order valence-electron chi connectivity index (χ1n) is 9.75. The molecule has 30 heavy (non-hydrogen) atoms. The Balaban J connectivity index is 1.74. The molecule has 1 aliphatic rings. The van der Waals surface area contributed by atoms with Crippen molar-refractivity contribution in [3.63, 3.8) is 0 Å². The zero-order chi connectivity index (χ0) is 22.3. The van der Waals surface area contributed by atoms with E-state index in [1.165, 1.54) is 6.20 Å². The Kier molecular flexibility index (Phi) is 6.06. The lowest BCUT2D eigenvalue weighted by Gasteiger charge is -2.49. The minimum Gasteiger partial charge on any atom is -0.351 e. The first kappa shape index (κ1) is 22.4. The fourth-order valence-electron chi connectivity index (χ4n) is 4.26. The SMILES string of the molecule is CN(C(=N)SC(=N)c1cc(F)c(-c2ccn[nH]2)cc1F)C1CC(C)(C)NC(C)(C)C1. The van der Waals surface area contributed by atoms with Crippen LogP contribution in [0.3, 0.4) is 0 Å². The highest BCUT2D eigenvalue weighted by molar-refractivity contribution is 8.26. The van der Waals surface area contributed by atoms with Gasteiger partial charge < -0.3 is 10.2 Å². The van der Waals surface area contributed by atoms with Crippen LogP contribution in [-0.4, -0.2) is 49.5 Å². The smallest absolute Gasteiger partial charge is 0.162 e. The van der Waals surface area contributed by atoms with Gasteiger partial charge in [-0.3, -0.25) is 15.9 Å². The number of rotatable bonds is 3. The maximum atomic E-state index is 14.6. The Bertz CT molecular complexity index is 939. The maximum absolute atomic E-state index is 14.6. The van der Waals surface area contributed by atoms with E-state index in [0.717, 1.165) is 36.7 Å². The molecule has 1 aromatic heterocycles. The van der Waals surface area contributed by atoms with E-state index in [2.05, 4.69) is 43.2 Å². The standard InChI is InChI=1S/C21H28F2N6S/c1-20(2)10-12(11-21(3,4)28-20)29(5)19(25)30-18(24)14-9-15(22)13(8-16(14)23)17-6-7-26-27-17/h6-9,12,24-25,28H,10-11H2,1-5H3,(H,26,27).